The minimum atomic E-state index is -4.59. The molecule has 110 valence electrons. The average Bonchev–Trinajstić information content (AvgIpc) is 2.02. The van der Waals surface area contributed by atoms with E-state index in [9.17, 15) is 23.1 Å². The summed E-state index contributed by atoms with van der Waals surface area (Å²) in [5, 5.41) is 9.40. The second-order valence-electron chi connectivity index (χ2n) is 6.72. The highest BCUT2D eigenvalue weighted by Crippen LogP contribution is 2.59. The number of carbonyl (C=O) groups excluding carboxylic acids is 1. The summed E-state index contributed by atoms with van der Waals surface area (Å²) in [4.78, 5) is 13.0. The van der Waals surface area contributed by atoms with E-state index in [0.717, 1.165) is 0 Å². The van der Waals surface area contributed by atoms with Crippen LogP contribution < -0.4 is 0 Å². The van der Waals surface area contributed by atoms with Crippen molar-refractivity contribution in [2.75, 3.05) is 13.1 Å². The highest BCUT2D eigenvalue weighted by atomic mass is 19.4. The van der Waals surface area contributed by atoms with E-state index in [2.05, 4.69) is 0 Å². The fourth-order valence-electron chi connectivity index (χ4n) is 2.83. The number of alkyl halides is 3. The second-order valence-corrected chi connectivity index (χ2v) is 6.72. The van der Waals surface area contributed by atoms with Crippen LogP contribution in [0.25, 0.3) is 0 Å². The van der Waals surface area contributed by atoms with Crippen molar-refractivity contribution in [1.29, 1.82) is 0 Å². The summed E-state index contributed by atoms with van der Waals surface area (Å²) in [6.45, 7) is 5.63. The number of amides is 1. The van der Waals surface area contributed by atoms with E-state index >= 15 is 0 Å². The van der Waals surface area contributed by atoms with Gasteiger partial charge >= 0.3 is 12.3 Å². The second kappa shape index (κ2) is 3.77. The maximum absolute atomic E-state index is 12.5. The van der Waals surface area contributed by atoms with Gasteiger partial charge in [0.25, 0.3) is 0 Å². The summed E-state index contributed by atoms with van der Waals surface area (Å²) < 4.78 is 42.7. The Labute approximate surface area is 109 Å². The number of hydrogen-bond donors (Lipinski definition) is 1. The van der Waals surface area contributed by atoms with E-state index in [1.165, 1.54) is 4.90 Å². The first-order chi connectivity index (χ1) is 8.36. The van der Waals surface area contributed by atoms with Gasteiger partial charge in [-0.05, 0) is 33.6 Å². The van der Waals surface area contributed by atoms with E-state index < -0.39 is 28.9 Å². The quantitative estimate of drug-likeness (QED) is 0.741. The van der Waals surface area contributed by atoms with Crippen LogP contribution in [0.4, 0.5) is 18.0 Å². The smallest absolute Gasteiger partial charge is 0.417 e. The molecule has 0 atom stereocenters. The van der Waals surface area contributed by atoms with E-state index in [1.807, 2.05) is 0 Å². The molecule has 2 aliphatic rings. The van der Waals surface area contributed by atoms with E-state index in [1.54, 1.807) is 20.8 Å². The highest BCUT2D eigenvalue weighted by molar-refractivity contribution is 5.69. The van der Waals surface area contributed by atoms with E-state index in [4.69, 9.17) is 4.74 Å². The summed E-state index contributed by atoms with van der Waals surface area (Å²) in [6.07, 6.45) is -5.77. The Morgan fingerprint density at radius 3 is 2.05 bits per heavy atom. The molecule has 0 unspecified atom stereocenters. The molecule has 1 heterocycles. The zero-order valence-electron chi connectivity index (χ0n) is 11.2. The molecule has 0 aromatic rings. The van der Waals surface area contributed by atoms with Gasteiger partial charge < -0.3 is 14.7 Å². The Bertz CT molecular complexity index is 386. The number of hydrogen-bond acceptors (Lipinski definition) is 3. The molecule has 0 aromatic heterocycles. The molecule has 0 bridgehead atoms. The van der Waals surface area contributed by atoms with Crippen molar-refractivity contribution in [2.24, 2.45) is 5.41 Å². The minimum absolute atomic E-state index is 0.223. The van der Waals surface area contributed by atoms with Crippen LogP contribution in [0.2, 0.25) is 0 Å². The third-order valence-corrected chi connectivity index (χ3v) is 3.57. The van der Waals surface area contributed by atoms with Crippen molar-refractivity contribution in [1.82, 2.24) is 4.90 Å². The van der Waals surface area contributed by atoms with Gasteiger partial charge in [-0.3, -0.25) is 0 Å². The van der Waals surface area contributed by atoms with Crippen molar-refractivity contribution in [3.8, 4) is 0 Å². The van der Waals surface area contributed by atoms with Crippen molar-refractivity contribution in [3.63, 3.8) is 0 Å². The van der Waals surface area contributed by atoms with Crippen LogP contribution in [0.5, 0.6) is 0 Å². The van der Waals surface area contributed by atoms with Gasteiger partial charge in [-0.15, -0.1) is 0 Å². The van der Waals surface area contributed by atoms with Crippen LogP contribution in [0.15, 0.2) is 0 Å². The van der Waals surface area contributed by atoms with Gasteiger partial charge in [-0.25, -0.2) is 4.79 Å². The Kier molecular flexibility index (Phi) is 2.87. The maximum atomic E-state index is 12.5. The zero-order valence-corrected chi connectivity index (χ0v) is 11.2. The Balaban J connectivity index is 1.84. The fourth-order valence-corrected chi connectivity index (χ4v) is 2.83. The number of likely N-dealkylation sites (tertiary alicyclic amines) is 1. The van der Waals surface area contributed by atoms with Crippen molar-refractivity contribution in [3.05, 3.63) is 0 Å². The van der Waals surface area contributed by atoms with Crippen molar-refractivity contribution in [2.45, 2.75) is 51.0 Å². The molecule has 4 nitrogen and oxygen atoms in total. The van der Waals surface area contributed by atoms with Crippen LogP contribution in [-0.4, -0.2) is 46.6 Å². The molecular formula is C12H18F3NO3. The molecule has 1 saturated carbocycles. The normalized spacial score (nSPS) is 24.7. The van der Waals surface area contributed by atoms with Crippen molar-refractivity contribution < 1.29 is 27.8 Å². The molecule has 7 heteroatoms. The summed E-state index contributed by atoms with van der Waals surface area (Å²) in [6, 6.07) is 0. The standard InChI is InChI=1S/C12H18F3NO3/c1-9(2,3)19-8(17)16-6-10(7-16)4-11(18,5-10)12(13,14)15/h18H,4-7H2,1-3H3. The summed E-state index contributed by atoms with van der Waals surface area (Å²) in [7, 11) is 0. The zero-order chi connectivity index (χ0) is 14.7. The summed E-state index contributed by atoms with van der Waals surface area (Å²) in [5.41, 5.74) is -3.78. The minimum Gasteiger partial charge on any atom is -0.444 e. The number of rotatable bonds is 0. The topological polar surface area (TPSA) is 49.8 Å². The maximum Gasteiger partial charge on any atom is 0.417 e. The Hall–Kier alpha value is -0.980. The first-order valence-corrected chi connectivity index (χ1v) is 6.13. The van der Waals surface area contributed by atoms with E-state index in [-0.39, 0.29) is 25.9 Å². The highest BCUT2D eigenvalue weighted by Gasteiger charge is 2.70. The van der Waals surface area contributed by atoms with Gasteiger partial charge in [0, 0.05) is 18.5 Å². The number of carbonyl (C=O) groups is 1. The molecule has 2 fully saturated rings. The van der Waals surface area contributed by atoms with Crippen LogP contribution in [0.1, 0.15) is 33.6 Å². The van der Waals surface area contributed by atoms with Gasteiger partial charge in [0.2, 0.25) is 0 Å². The molecule has 2 rings (SSSR count). The predicted molar refractivity (Wildman–Crippen MR) is 60.5 cm³/mol. The van der Waals surface area contributed by atoms with Gasteiger partial charge in [0.1, 0.15) is 5.60 Å². The average molecular weight is 281 g/mol. The van der Waals surface area contributed by atoms with Crippen LogP contribution >= 0.6 is 0 Å². The largest absolute Gasteiger partial charge is 0.444 e. The molecule has 1 spiro atoms. The Morgan fingerprint density at radius 1 is 1.21 bits per heavy atom. The number of halogens is 3. The van der Waals surface area contributed by atoms with E-state index in [0.29, 0.717) is 0 Å². The van der Waals surface area contributed by atoms with Crippen LogP contribution in [-0.2, 0) is 4.74 Å². The molecule has 0 aromatic carbocycles. The number of nitrogens with zero attached hydrogens (tertiary/aromatic N) is 1. The summed E-state index contributed by atoms with van der Waals surface area (Å²) in [5.74, 6) is 0. The lowest BCUT2D eigenvalue weighted by Crippen LogP contribution is -2.72. The molecule has 1 saturated heterocycles. The molecule has 0 radical (unpaired) electrons. The van der Waals surface area contributed by atoms with Crippen LogP contribution in [0, 0.1) is 5.41 Å². The van der Waals surface area contributed by atoms with Crippen LogP contribution in [0.3, 0.4) is 0 Å². The number of ether oxygens (including phenoxy) is 1. The summed E-state index contributed by atoms with van der Waals surface area (Å²) >= 11 is 0. The van der Waals surface area contributed by atoms with Gasteiger partial charge in [0.15, 0.2) is 5.60 Å². The first kappa shape index (κ1) is 14.4. The Morgan fingerprint density at radius 2 is 1.68 bits per heavy atom. The third-order valence-electron chi connectivity index (χ3n) is 3.57. The monoisotopic (exact) mass is 281 g/mol. The lowest BCUT2D eigenvalue weighted by molar-refractivity contribution is -0.329. The van der Waals surface area contributed by atoms with Gasteiger partial charge in [-0.1, -0.05) is 0 Å². The predicted octanol–water partition coefficient (Wildman–Crippen LogP) is 2.31. The lowest BCUT2D eigenvalue weighted by Gasteiger charge is -2.61. The molecule has 1 aliphatic carbocycles. The van der Waals surface area contributed by atoms with Gasteiger partial charge in [-0.2, -0.15) is 13.2 Å². The molecule has 19 heavy (non-hydrogen) atoms. The van der Waals surface area contributed by atoms with Gasteiger partial charge in [0.05, 0.1) is 0 Å². The first-order valence-electron chi connectivity index (χ1n) is 6.13. The molecule has 1 aliphatic heterocycles. The lowest BCUT2D eigenvalue weighted by atomic mass is 9.55. The molecular weight excluding hydrogens is 263 g/mol. The van der Waals surface area contributed by atoms with Crippen molar-refractivity contribution >= 4 is 6.09 Å². The third kappa shape index (κ3) is 2.52. The number of aliphatic hydroxyl groups is 1. The molecule has 1 N–H and O–H groups in total. The fraction of sp³-hybridized carbons (Fsp3) is 0.917. The molecule has 1 amide bonds. The SMILES string of the molecule is CC(C)(C)OC(=O)N1CC2(C1)CC(O)(C(F)(F)F)C2.